The van der Waals surface area contributed by atoms with Gasteiger partial charge in [0.05, 0.1) is 22.2 Å². The van der Waals surface area contributed by atoms with Crippen molar-refractivity contribution < 1.29 is 17.9 Å². The molecule has 0 bridgehead atoms. The lowest BCUT2D eigenvalue weighted by molar-refractivity contribution is -0.111. The molecule has 1 amide bonds. The second-order valence-electron chi connectivity index (χ2n) is 7.68. The number of hydrogen-bond donors (Lipinski definition) is 2. The molecule has 0 unspecified atom stereocenters. The molecule has 3 N–H and O–H groups in total. The van der Waals surface area contributed by atoms with Gasteiger partial charge in [0.2, 0.25) is 10.0 Å². The number of hydrogen-bond acceptors (Lipinski definition) is 7. The normalized spacial score (nSPS) is 12.5. The van der Waals surface area contributed by atoms with Gasteiger partial charge in [-0.15, -0.1) is 11.3 Å². The van der Waals surface area contributed by atoms with Crippen LogP contribution in [-0.2, 0) is 14.8 Å². The van der Waals surface area contributed by atoms with Gasteiger partial charge in [-0.05, 0) is 60.2 Å². The summed E-state index contributed by atoms with van der Waals surface area (Å²) in [7, 11) is -2.34. The third-order valence-corrected chi connectivity index (χ3v) is 7.27. The van der Waals surface area contributed by atoms with E-state index in [0.29, 0.717) is 16.0 Å². The number of nitrogens with two attached hydrogens (primary N) is 1. The lowest BCUT2D eigenvalue weighted by Crippen LogP contribution is -2.32. The van der Waals surface area contributed by atoms with Crippen LogP contribution in [0.25, 0.3) is 17.3 Å². The SMILES string of the molecule is COc1ccc(/C=c2/s/c(=C(\C#N)C(=O)Nc3ccc(S(N)(=O)=O)cc3)n(-c3ccccc3)c2=O)cc1. The van der Waals surface area contributed by atoms with Gasteiger partial charge < -0.3 is 10.1 Å². The molecule has 9 nitrogen and oxygen atoms in total. The Bertz CT molecular complexity index is 1780. The highest BCUT2D eigenvalue weighted by Gasteiger charge is 2.18. The number of nitrogens with zero attached hydrogens (tertiary/aromatic N) is 2. The predicted molar refractivity (Wildman–Crippen MR) is 141 cm³/mol. The van der Waals surface area contributed by atoms with E-state index in [4.69, 9.17) is 9.88 Å². The van der Waals surface area contributed by atoms with Gasteiger partial charge in [0, 0.05) is 5.69 Å². The van der Waals surface area contributed by atoms with Crippen LogP contribution in [0, 0.1) is 11.3 Å². The number of nitrogens with one attached hydrogen (secondary N) is 1. The second-order valence-corrected chi connectivity index (χ2v) is 10.3. The Morgan fingerprint density at radius 2 is 1.70 bits per heavy atom. The number of anilines is 1. The minimum Gasteiger partial charge on any atom is -0.497 e. The van der Waals surface area contributed by atoms with Gasteiger partial charge in [0.25, 0.3) is 11.5 Å². The number of nitriles is 1. The number of carbonyl (C=O) groups excluding carboxylic acids is 1. The first kappa shape index (κ1) is 25.6. The number of rotatable bonds is 6. The first-order valence-electron chi connectivity index (χ1n) is 10.7. The molecule has 37 heavy (non-hydrogen) atoms. The van der Waals surface area contributed by atoms with E-state index in [-0.39, 0.29) is 26.4 Å². The molecule has 0 aliphatic heterocycles. The van der Waals surface area contributed by atoms with Crippen LogP contribution in [0.3, 0.4) is 0 Å². The largest absolute Gasteiger partial charge is 0.497 e. The van der Waals surface area contributed by atoms with E-state index in [1.807, 2.05) is 6.07 Å². The van der Waals surface area contributed by atoms with Crippen molar-refractivity contribution >= 4 is 44.6 Å². The minimum atomic E-state index is -3.90. The fraction of sp³-hybridized carbons (Fsp3) is 0.0385. The highest BCUT2D eigenvalue weighted by Crippen LogP contribution is 2.14. The molecule has 4 rings (SSSR count). The average Bonchev–Trinajstić information content (AvgIpc) is 3.20. The molecule has 4 aromatic rings. The summed E-state index contributed by atoms with van der Waals surface area (Å²) < 4.78 is 29.9. The summed E-state index contributed by atoms with van der Waals surface area (Å²) in [6, 6.07) is 22.9. The average molecular weight is 533 g/mol. The number of sulfonamides is 1. The van der Waals surface area contributed by atoms with Crippen molar-refractivity contribution in [3.05, 3.63) is 104 Å². The van der Waals surface area contributed by atoms with Crippen LogP contribution in [-0.4, -0.2) is 26.0 Å². The number of para-hydroxylation sites is 1. The molecule has 1 heterocycles. The topological polar surface area (TPSA) is 144 Å². The minimum absolute atomic E-state index is 0.120. The fourth-order valence-electron chi connectivity index (χ4n) is 3.43. The van der Waals surface area contributed by atoms with Crippen molar-refractivity contribution in [2.24, 2.45) is 5.14 Å². The molecule has 0 atom stereocenters. The monoisotopic (exact) mass is 532 g/mol. The number of carbonyl (C=O) groups is 1. The number of benzene rings is 3. The summed E-state index contributed by atoms with van der Waals surface area (Å²) in [5.41, 5.74) is 0.811. The van der Waals surface area contributed by atoms with E-state index in [2.05, 4.69) is 5.32 Å². The third kappa shape index (κ3) is 5.68. The quantitative estimate of drug-likeness (QED) is 0.387. The summed E-state index contributed by atoms with van der Waals surface area (Å²) in [6.45, 7) is 0. The Morgan fingerprint density at radius 1 is 1.05 bits per heavy atom. The van der Waals surface area contributed by atoms with Crippen molar-refractivity contribution in [1.82, 2.24) is 4.57 Å². The van der Waals surface area contributed by atoms with Gasteiger partial charge in [-0.25, -0.2) is 13.6 Å². The summed E-state index contributed by atoms with van der Waals surface area (Å²) >= 11 is 1.01. The number of aromatic nitrogens is 1. The standard InChI is InChI=1S/C26H20N4O5S2/c1-35-20-11-7-17(8-12-20)15-23-25(32)30(19-5-3-2-4-6-19)26(36-23)22(16-27)24(31)29-18-9-13-21(14-10-18)37(28,33)34/h2-15H,1H3,(H,29,31)(H2,28,33,34)/b23-15+,26-22+. The van der Waals surface area contributed by atoms with E-state index in [1.54, 1.807) is 67.8 Å². The molecular weight excluding hydrogens is 512 g/mol. The Labute approximate surface area is 216 Å². The molecule has 0 spiro atoms. The molecule has 0 saturated carbocycles. The van der Waals surface area contributed by atoms with Crippen molar-refractivity contribution in [1.29, 1.82) is 5.26 Å². The lowest BCUT2D eigenvalue weighted by Gasteiger charge is -2.06. The van der Waals surface area contributed by atoms with Gasteiger partial charge in [-0.1, -0.05) is 30.3 Å². The Balaban J connectivity index is 1.86. The molecule has 0 aliphatic carbocycles. The second kappa shape index (κ2) is 10.6. The zero-order valence-corrected chi connectivity index (χ0v) is 21.0. The number of ether oxygens (including phenoxy) is 1. The van der Waals surface area contributed by atoms with Crippen LogP contribution in [0.2, 0.25) is 0 Å². The van der Waals surface area contributed by atoms with E-state index in [0.717, 1.165) is 16.9 Å². The van der Waals surface area contributed by atoms with E-state index >= 15 is 0 Å². The first-order chi connectivity index (χ1) is 17.7. The van der Waals surface area contributed by atoms with Gasteiger partial charge >= 0.3 is 0 Å². The van der Waals surface area contributed by atoms with Crippen LogP contribution in [0.4, 0.5) is 5.69 Å². The van der Waals surface area contributed by atoms with Crippen molar-refractivity contribution in [3.8, 4) is 17.5 Å². The smallest absolute Gasteiger partial charge is 0.273 e. The lowest BCUT2D eigenvalue weighted by atomic mass is 10.2. The molecule has 0 fully saturated rings. The van der Waals surface area contributed by atoms with Crippen molar-refractivity contribution in [2.45, 2.75) is 4.90 Å². The maximum atomic E-state index is 13.4. The summed E-state index contributed by atoms with van der Waals surface area (Å²) in [4.78, 5) is 26.4. The molecule has 0 aliphatic rings. The van der Waals surface area contributed by atoms with Crippen molar-refractivity contribution in [3.63, 3.8) is 0 Å². The molecule has 0 saturated heterocycles. The summed E-state index contributed by atoms with van der Waals surface area (Å²) in [5, 5.41) is 17.6. The molecule has 186 valence electrons. The molecular formula is C26H20N4O5S2. The molecule has 1 aromatic heterocycles. The Kier molecular flexibility index (Phi) is 7.35. The number of methoxy groups -OCH3 is 1. The molecule has 0 radical (unpaired) electrons. The zero-order chi connectivity index (χ0) is 26.6. The van der Waals surface area contributed by atoms with Crippen LogP contribution < -0.4 is 29.9 Å². The fourth-order valence-corrected chi connectivity index (χ4v) is 5.05. The predicted octanol–water partition coefficient (Wildman–Crippen LogP) is 1.70. The summed E-state index contributed by atoms with van der Waals surface area (Å²) in [6.07, 6.45) is 1.67. The third-order valence-electron chi connectivity index (χ3n) is 5.25. The van der Waals surface area contributed by atoms with Crippen LogP contribution in [0.15, 0.2) is 88.6 Å². The van der Waals surface area contributed by atoms with Crippen molar-refractivity contribution in [2.75, 3.05) is 12.4 Å². The highest BCUT2D eigenvalue weighted by atomic mass is 32.2. The van der Waals surface area contributed by atoms with Crippen LogP contribution >= 0.6 is 11.3 Å². The number of primary sulfonamides is 1. The maximum Gasteiger partial charge on any atom is 0.273 e. The highest BCUT2D eigenvalue weighted by molar-refractivity contribution is 7.89. The number of thiazole rings is 1. The van der Waals surface area contributed by atoms with Gasteiger partial charge in [0.15, 0.2) is 5.57 Å². The first-order valence-corrected chi connectivity index (χ1v) is 13.1. The summed E-state index contributed by atoms with van der Waals surface area (Å²) in [5.74, 6) is -0.0904. The Morgan fingerprint density at radius 3 is 2.27 bits per heavy atom. The number of amides is 1. The zero-order valence-electron chi connectivity index (χ0n) is 19.4. The molecule has 11 heteroatoms. The maximum absolute atomic E-state index is 13.4. The van der Waals surface area contributed by atoms with Gasteiger partial charge in [-0.2, -0.15) is 5.26 Å². The van der Waals surface area contributed by atoms with Crippen LogP contribution in [0.1, 0.15) is 5.56 Å². The van der Waals surface area contributed by atoms with E-state index in [1.165, 1.54) is 28.8 Å². The Hall–Kier alpha value is -4.50. The molecule has 3 aromatic carbocycles. The van der Waals surface area contributed by atoms with E-state index < -0.39 is 15.9 Å². The van der Waals surface area contributed by atoms with E-state index in [9.17, 15) is 23.3 Å². The van der Waals surface area contributed by atoms with Gasteiger partial charge in [-0.3, -0.25) is 14.2 Å². The van der Waals surface area contributed by atoms with Crippen LogP contribution in [0.5, 0.6) is 5.75 Å². The van der Waals surface area contributed by atoms with Gasteiger partial charge in [0.1, 0.15) is 16.5 Å².